The van der Waals surface area contributed by atoms with Gasteiger partial charge in [-0.2, -0.15) is 10.2 Å². The zero-order chi connectivity index (χ0) is 12.8. The molecular formula is C16H10N2. The van der Waals surface area contributed by atoms with Gasteiger partial charge in [-0.05, 0) is 36.4 Å². The molecule has 2 rings (SSSR count). The lowest BCUT2D eigenvalue weighted by molar-refractivity contribution is 1.23. The molecule has 2 nitrogen and oxygen atoms in total. The van der Waals surface area contributed by atoms with Gasteiger partial charge in [0.2, 0.25) is 0 Å². The highest BCUT2D eigenvalue weighted by atomic mass is 15.1. The van der Waals surface area contributed by atoms with E-state index in [1.807, 2.05) is 36.4 Å². The molecule has 0 aliphatic heterocycles. The molecule has 18 heavy (non-hydrogen) atoms. The number of hydrogen-bond donors (Lipinski definition) is 0. The maximum Gasteiger partial charge on any atom is 0.0869 e. The number of terminal acetylenes is 2. The van der Waals surface area contributed by atoms with Crippen molar-refractivity contribution in [3.05, 3.63) is 59.7 Å². The first-order chi connectivity index (χ1) is 8.81. The van der Waals surface area contributed by atoms with Crippen LogP contribution in [0.15, 0.2) is 58.8 Å². The fraction of sp³-hybridized carbons (Fsp3) is 0. The van der Waals surface area contributed by atoms with Crippen molar-refractivity contribution in [2.45, 2.75) is 0 Å². The maximum atomic E-state index is 5.32. The molecule has 2 aromatic rings. The Kier molecular flexibility index (Phi) is 3.54. The second-order valence-electron chi connectivity index (χ2n) is 3.59. The van der Waals surface area contributed by atoms with Crippen LogP contribution in [0.2, 0.25) is 0 Å². The molecule has 0 atom stereocenters. The lowest BCUT2D eigenvalue weighted by Gasteiger charge is -1.95. The molecule has 0 amide bonds. The largest absolute Gasteiger partial charge is 0.151 e. The summed E-state index contributed by atoms with van der Waals surface area (Å²) in [6, 6.07) is 14.7. The Hall–Kier alpha value is -2.84. The van der Waals surface area contributed by atoms with Crippen LogP contribution in [-0.4, -0.2) is 0 Å². The third-order valence-corrected chi connectivity index (χ3v) is 2.31. The zero-order valence-corrected chi connectivity index (χ0v) is 9.67. The molecular weight excluding hydrogens is 220 g/mol. The van der Waals surface area contributed by atoms with Crippen LogP contribution < -0.4 is 0 Å². The second kappa shape index (κ2) is 5.48. The summed E-state index contributed by atoms with van der Waals surface area (Å²) in [7, 11) is 0. The Morgan fingerprint density at radius 1 is 0.722 bits per heavy atom. The highest BCUT2D eigenvalue weighted by molar-refractivity contribution is 5.48. The summed E-state index contributed by atoms with van der Waals surface area (Å²) in [6.07, 6.45) is 10.6. The van der Waals surface area contributed by atoms with Crippen LogP contribution in [-0.2, 0) is 0 Å². The lowest BCUT2D eigenvalue weighted by atomic mass is 10.2. The minimum Gasteiger partial charge on any atom is -0.151 e. The van der Waals surface area contributed by atoms with E-state index in [0.717, 1.165) is 22.5 Å². The van der Waals surface area contributed by atoms with E-state index in [4.69, 9.17) is 12.8 Å². The number of nitrogens with zero attached hydrogens (tertiary/aromatic N) is 2. The van der Waals surface area contributed by atoms with Gasteiger partial charge in [0.25, 0.3) is 0 Å². The Balaban J connectivity index is 2.25. The van der Waals surface area contributed by atoms with Gasteiger partial charge in [-0.15, -0.1) is 12.8 Å². The SMILES string of the molecule is C#Cc1cccc(N=Nc2cccc(C#C)c2)c1. The van der Waals surface area contributed by atoms with E-state index in [1.165, 1.54) is 0 Å². The van der Waals surface area contributed by atoms with Gasteiger partial charge in [0, 0.05) is 11.1 Å². The quantitative estimate of drug-likeness (QED) is 0.549. The van der Waals surface area contributed by atoms with Gasteiger partial charge >= 0.3 is 0 Å². The summed E-state index contributed by atoms with van der Waals surface area (Å²) in [4.78, 5) is 0. The topological polar surface area (TPSA) is 24.7 Å². The fourth-order valence-corrected chi connectivity index (χ4v) is 1.43. The third-order valence-electron chi connectivity index (χ3n) is 2.31. The number of hydrogen-bond acceptors (Lipinski definition) is 2. The third kappa shape index (κ3) is 2.84. The van der Waals surface area contributed by atoms with Crippen molar-refractivity contribution in [3.63, 3.8) is 0 Å². The van der Waals surface area contributed by atoms with E-state index in [2.05, 4.69) is 22.1 Å². The molecule has 0 aromatic heterocycles. The first-order valence-electron chi connectivity index (χ1n) is 5.37. The standard InChI is InChI=1S/C16H10N2/c1-3-13-7-5-9-15(11-13)17-18-16-10-6-8-14(4-2)12-16/h1-2,5-12H. The van der Waals surface area contributed by atoms with Crippen LogP contribution in [0.4, 0.5) is 11.4 Å². The van der Waals surface area contributed by atoms with Gasteiger partial charge in [-0.3, -0.25) is 0 Å². The summed E-state index contributed by atoms with van der Waals surface area (Å²) >= 11 is 0. The van der Waals surface area contributed by atoms with Crippen molar-refractivity contribution in [3.8, 4) is 24.7 Å². The van der Waals surface area contributed by atoms with Gasteiger partial charge in [0.15, 0.2) is 0 Å². The molecule has 0 bridgehead atoms. The van der Waals surface area contributed by atoms with Crippen LogP contribution in [0.25, 0.3) is 0 Å². The van der Waals surface area contributed by atoms with Gasteiger partial charge in [0.1, 0.15) is 0 Å². The second-order valence-corrected chi connectivity index (χ2v) is 3.59. The van der Waals surface area contributed by atoms with Crippen molar-refractivity contribution in [2.75, 3.05) is 0 Å². The normalized spacial score (nSPS) is 9.89. The van der Waals surface area contributed by atoms with Crippen LogP contribution in [0.5, 0.6) is 0 Å². The molecule has 0 saturated carbocycles. The van der Waals surface area contributed by atoms with Crippen LogP contribution in [0.1, 0.15) is 11.1 Å². The zero-order valence-electron chi connectivity index (χ0n) is 9.67. The summed E-state index contributed by atoms with van der Waals surface area (Å²) in [5, 5.41) is 8.24. The summed E-state index contributed by atoms with van der Waals surface area (Å²) < 4.78 is 0. The molecule has 0 saturated heterocycles. The first-order valence-corrected chi connectivity index (χ1v) is 5.37. The minimum atomic E-state index is 0.719. The average molecular weight is 230 g/mol. The minimum absolute atomic E-state index is 0.719. The van der Waals surface area contributed by atoms with Crippen LogP contribution >= 0.6 is 0 Å². The monoisotopic (exact) mass is 230 g/mol. The lowest BCUT2D eigenvalue weighted by Crippen LogP contribution is -1.72. The van der Waals surface area contributed by atoms with Crippen molar-refractivity contribution >= 4 is 11.4 Å². The van der Waals surface area contributed by atoms with Gasteiger partial charge in [-0.25, -0.2) is 0 Å². The molecule has 0 heterocycles. The summed E-state index contributed by atoms with van der Waals surface area (Å²) in [5.41, 5.74) is 3.00. The van der Waals surface area contributed by atoms with Crippen molar-refractivity contribution in [1.82, 2.24) is 0 Å². The number of benzene rings is 2. The fourth-order valence-electron chi connectivity index (χ4n) is 1.43. The molecule has 2 heteroatoms. The van der Waals surface area contributed by atoms with E-state index in [0.29, 0.717) is 0 Å². The highest BCUT2D eigenvalue weighted by Crippen LogP contribution is 2.19. The van der Waals surface area contributed by atoms with E-state index in [1.54, 1.807) is 12.1 Å². The van der Waals surface area contributed by atoms with E-state index < -0.39 is 0 Å². The number of azo groups is 1. The molecule has 0 aliphatic rings. The van der Waals surface area contributed by atoms with E-state index >= 15 is 0 Å². The predicted octanol–water partition coefficient (Wildman–Crippen LogP) is 4.06. The predicted molar refractivity (Wildman–Crippen MR) is 72.9 cm³/mol. The molecule has 2 aromatic carbocycles. The molecule has 84 valence electrons. The summed E-state index contributed by atoms with van der Waals surface area (Å²) in [6.45, 7) is 0. The van der Waals surface area contributed by atoms with E-state index in [9.17, 15) is 0 Å². The molecule has 0 spiro atoms. The molecule has 0 unspecified atom stereocenters. The van der Waals surface area contributed by atoms with Crippen molar-refractivity contribution < 1.29 is 0 Å². The molecule has 0 fully saturated rings. The van der Waals surface area contributed by atoms with Crippen LogP contribution in [0.3, 0.4) is 0 Å². The highest BCUT2D eigenvalue weighted by Gasteiger charge is 1.93. The smallest absolute Gasteiger partial charge is 0.0869 e. The van der Waals surface area contributed by atoms with Gasteiger partial charge in [-0.1, -0.05) is 24.0 Å². The van der Waals surface area contributed by atoms with Crippen molar-refractivity contribution in [2.24, 2.45) is 10.2 Å². The van der Waals surface area contributed by atoms with Crippen molar-refractivity contribution in [1.29, 1.82) is 0 Å². The van der Waals surface area contributed by atoms with E-state index in [-0.39, 0.29) is 0 Å². The van der Waals surface area contributed by atoms with Crippen LogP contribution in [0, 0.1) is 24.7 Å². The number of rotatable bonds is 2. The maximum absolute atomic E-state index is 5.32. The average Bonchev–Trinajstić information content (AvgIpc) is 2.45. The molecule has 0 radical (unpaired) electrons. The van der Waals surface area contributed by atoms with Gasteiger partial charge in [0.05, 0.1) is 11.4 Å². The molecule has 0 N–H and O–H groups in total. The first kappa shape index (κ1) is 11.6. The van der Waals surface area contributed by atoms with Gasteiger partial charge < -0.3 is 0 Å². The Labute approximate surface area is 106 Å². The Morgan fingerprint density at radius 2 is 1.17 bits per heavy atom. The Morgan fingerprint density at radius 3 is 1.56 bits per heavy atom. The Bertz CT molecular complexity index is 610. The summed E-state index contributed by atoms with van der Waals surface area (Å²) in [5.74, 6) is 5.11. The molecule has 0 aliphatic carbocycles.